The minimum Gasteiger partial charge on any atom is -0.370 e. The summed E-state index contributed by atoms with van der Waals surface area (Å²) in [6, 6.07) is 0.924. The van der Waals surface area contributed by atoms with E-state index in [2.05, 4.69) is 10.6 Å². The number of hydrogen-bond donors (Lipinski definition) is 3. The molecule has 2 aliphatic rings. The number of nitrogens with two attached hydrogens (primary N) is 1. The number of carbonyl (C=O) groups is 2. The van der Waals surface area contributed by atoms with Crippen LogP contribution in [-0.2, 0) is 9.59 Å². The molecule has 5 heteroatoms. The number of primary amides is 1. The van der Waals surface area contributed by atoms with E-state index >= 15 is 0 Å². The smallest absolute Gasteiger partial charge is 0.224 e. The van der Waals surface area contributed by atoms with E-state index in [1.165, 1.54) is 6.42 Å². The molecule has 0 spiro atoms. The molecular formula is C11H19N3O2. The second-order valence-electron chi connectivity index (χ2n) is 4.75. The molecule has 0 aliphatic carbocycles. The monoisotopic (exact) mass is 225 g/mol. The highest BCUT2D eigenvalue weighted by molar-refractivity contribution is 5.80. The van der Waals surface area contributed by atoms with E-state index in [0.29, 0.717) is 31.5 Å². The normalized spacial score (nSPS) is 31.6. The number of carbonyl (C=O) groups excluding carboxylic acids is 2. The van der Waals surface area contributed by atoms with Crippen molar-refractivity contribution in [3.8, 4) is 0 Å². The van der Waals surface area contributed by atoms with Crippen LogP contribution in [0.1, 0.15) is 32.1 Å². The van der Waals surface area contributed by atoms with E-state index in [-0.39, 0.29) is 17.7 Å². The Labute approximate surface area is 95.1 Å². The molecule has 3 unspecified atom stereocenters. The summed E-state index contributed by atoms with van der Waals surface area (Å²) in [5.41, 5.74) is 5.02. The molecule has 90 valence electrons. The molecule has 2 bridgehead atoms. The van der Waals surface area contributed by atoms with Gasteiger partial charge in [-0.15, -0.1) is 0 Å². The van der Waals surface area contributed by atoms with Crippen LogP contribution in [0.15, 0.2) is 0 Å². The van der Waals surface area contributed by atoms with Crippen molar-refractivity contribution in [2.24, 2.45) is 11.7 Å². The first-order chi connectivity index (χ1) is 7.66. The van der Waals surface area contributed by atoms with Crippen molar-refractivity contribution in [1.82, 2.24) is 10.6 Å². The lowest BCUT2D eigenvalue weighted by atomic mass is 9.88. The zero-order valence-corrected chi connectivity index (χ0v) is 9.37. The highest BCUT2D eigenvalue weighted by Gasteiger charge is 2.42. The van der Waals surface area contributed by atoms with Gasteiger partial charge < -0.3 is 16.4 Å². The summed E-state index contributed by atoms with van der Waals surface area (Å²) in [4.78, 5) is 22.3. The fraction of sp³-hybridized carbons (Fsp3) is 0.818. The molecule has 0 aromatic rings. The zero-order valence-electron chi connectivity index (χ0n) is 9.37. The minimum absolute atomic E-state index is 0.129. The van der Waals surface area contributed by atoms with Crippen LogP contribution in [0.5, 0.6) is 0 Å². The highest BCUT2D eigenvalue weighted by atomic mass is 16.2. The van der Waals surface area contributed by atoms with Gasteiger partial charge in [0.25, 0.3) is 0 Å². The van der Waals surface area contributed by atoms with Gasteiger partial charge in [-0.3, -0.25) is 9.59 Å². The Morgan fingerprint density at radius 1 is 1.38 bits per heavy atom. The first-order valence-electron chi connectivity index (χ1n) is 5.99. The van der Waals surface area contributed by atoms with Gasteiger partial charge in [0.15, 0.2) is 0 Å². The topological polar surface area (TPSA) is 84.2 Å². The lowest BCUT2D eigenvalue weighted by molar-refractivity contribution is -0.125. The van der Waals surface area contributed by atoms with E-state index in [1.807, 2.05) is 0 Å². The first kappa shape index (κ1) is 11.4. The molecule has 5 nitrogen and oxygen atoms in total. The van der Waals surface area contributed by atoms with Gasteiger partial charge in [0.05, 0.1) is 5.92 Å². The summed E-state index contributed by atoms with van der Waals surface area (Å²) < 4.78 is 0. The molecule has 4 N–H and O–H groups in total. The molecule has 2 fully saturated rings. The van der Waals surface area contributed by atoms with Crippen LogP contribution < -0.4 is 16.4 Å². The molecule has 2 rings (SSSR count). The third kappa shape index (κ3) is 2.52. The summed E-state index contributed by atoms with van der Waals surface area (Å²) >= 11 is 0. The van der Waals surface area contributed by atoms with Crippen LogP contribution in [-0.4, -0.2) is 30.4 Å². The quantitative estimate of drug-likeness (QED) is 0.552. The molecular weight excluding hydrogens is 206 g/mol. The Kier molecular flexibility index (Phi) is 3.43. The van der Waals surface area contributed by atoms with Crippen LogP contribution in [0.2, 0.25) is 0 Å². The Morgan fingerprint density at radius 2 is 2.19 bits per heavy atom. The third-order valence-electron chi connectivity index (χ3n) is 3.54. The predicted molar refractivity (Wildman–Crippen MR) is 59.5 cm³/mol. The van der Waals surface area contributed by atoms with Gasteiger partial charge in [0, 0.05) is 25.0 Å². The molecule has 0 saturated carbocycles. The molecule has 2 heterocycles. The molecule has 0 radical (unpaired) electrons. The van der Waals surface area contributed by atoms with Gasteiger partial charge in [-0.05, 0) is 25.7 Å². The fourth-order valence-electron chi connectivity index (χ4n) is 2.72. The van der Waals surface area contributed by atoms with Crippen molar-refractivity contribution in [1.29, 1.82) is 0 Å². The maximum absolute atomic E-state index is 11.8. The maximum atomic E-state index is 11.8. The molecule has 16 heavy (non-hydrogen) atoms. The number of hydrogen-bond acceptors (Lipinski definition) is 3. The summed E-state index contributed by atoms with van der Waals surface area (Å²) in [5, 5.41) is 6.31. The van der Waals surface area contributed by atoms with Gasteiger partial charge in [-0.2, -0.15) is 0 Å². The van der Waals surface area contributed by atoms with Crippen LogP contribution in [0.25, 0.3) is 0 Å². The number of amides is 2. The van der Waals surface area contributed by atoms with Gasteiger partial charge >= 0.3 is 0 Å². The first-order valence-corrected chi connectivity index (χ1v) is 5.99. The second kappa shape index (κ2) is 4.82. The second-order valence-corrected chi connectivity index (χ2v) is 4.75. The SMILES string of the molecule is NC(=O)CCCNC(=O)C1CC2CCC1N2. The molecule has 2 amide bonds. The average molecular weight is 225 g/mol. The summed E-state index contributed by atoms with van der Waals surface area (Å²) in [5.74, 6) is -0.0488. The maximum Gasteiger partial charge on any atom is 0.224 e. The minimum atomic E-state index is -0.309. The van der Waals surface area contributed by atoms with Crippen LogP contribution in [0, 0.1) is 5.92 Å². The molecule has 0 aromatic carbocycles. The Hall–Kier alpha value is -1.10. The van der Waals surface area contributed by atoms with Crippen molar-refractivity contribution < 1.29 is 9.59 Å². The van der Waals surface area contributed by atoms with Crippen LogP contribution in [0.4, 0.5) is 0 Å². The van der Waals surface area contributed by atoms with Crippen LogP contribution >= 0.6 is 0 Å². The number of rotatable bonds is 5. The summed E-state index contributed by atoms with van der Waals surface area (Å²) in [6.07, 6.45) is 4.26. The fourth-order valence-corrected chi connectivity index (χ4v) is 2.72. The van der Waals surface area contributed by atoms with Crippen molar-refractivity contribution >= 4 is 11.8 Å². The lowest BCUT2D eigenvalue weighted by Gasteiger charge is -2.19. The van der Waals surface area contributed by atoms with Gasteiger partial charge in [0.2, 0.25) is 11.8 Å². The Morgan fingerprint density at radius 3 is 2.75 bits per heavy atom. The summed E-state index contributed by atoms with van der Waals surface area (Å²) in [7, 11) is 0. The molecule has 0 aromatic heterocycles. The zero-order chi connectivity index (χ0) is 11.5. The Bertz CT molecular complexity index is 293. The van der Waals surface area contributed by atoms with Crippen LogP contribution in [0.3, 0.4) is 0 Å². The Balaban J connectivity index is 1.66. The lowest BCUT2D eigenvalue weighted by Crippen LogP contribution is -2.38. The van der Waals surface area contributed by atoms with Gasteiger partial charge in [-0.1, -0.05) is 0 Å². The third-order valence-corrected chi connectivity index (χ3v) is 3.54. The van der Waals surface area contributed by atoms with E-state index in [4.69, 9.17) is 5.73 Å². The van der Waals surface area contributed by atoms with E-state index in [1.54, 1.807) is 0 Å². The summed E-state index contributed by atoms with van der Waals surface area (Å²) in [6.45, 7) is 0.551. The molecule has 3 atom stereocenters. The van der Waals surface area contributed by atoms with Crippen molar-refractivity contribution in [3.05, 3.63) is 0 Å². The highest BCUT2D eigenvalue weighted by Crippen LogP contribution is 2.33. The number of nitrogens with one attached hydrogen (secondary N) is 2. The van der Waals surface area contributed by atoms with Gasteiger partial charge in [-0.25, -0.2) is 0 Å². The standard InChI is InChI=1S/C11H19N3O2/c12-10(15)2-1-5-13-11(16)8-6-7-3-4-9(8)14-7/h7-9,14H,1-6H2,(H2,12,15)(H,13,16). The van der Waals surface area contributed by atoms with Crippen molar-refractivity contribution in [2.45, 2.75) is 44.2 Å². The van der Waals surface area contributed by atoms with Crippen molar-refractivity contribution in [2.75, 3.05) is 6.54 Å². The van der Waals surface area contributed by atoms with E-state index in [9.17, 15) is 9.59 Å². The largest absolute Gasteiger partial charge is 0.370 e. The molecule has 2 saturated heterocycles. The molecule has 2 aliphatic heterocycles. The van der Waals surface area contributed by atoms with E-state index in [0.717, 1.165) is 12.8 Å². The average Bonchev–Trinajstić information content (AvgIpc) is 2.85. The predicted octanol–water partition coefficient (Wildman–Crippen LogP) is -0.491. The number of fused-ring (bicyclic) bond motifs is 2. The van der Waals surface area contributed by atoms with Crippen molar-refractivity contribution in [3.63, 3.8) is 0 Å². The van der Waals surface area contributed by atoms with Gasteiger partial charge in [0.1, 0.15) is 0 Å². The van der Waals surface area contributed by atoms with E-state index < -0.39 is 0 Å².